The Morgan fingerprint density at radius 3 is 2.55 bits per heavy atom. The minimum Gasteiger partial charge on any atom is -0.484 e. The van der Waals surface area contributed by atoms with Crippen molar-refractivity contribution in [2.75, 3.05) is 13.2 Å². The summed E-state index contributed by atoms with van der Waals surface area (Å²) in [7, 11) is 0. The maximum atomic E-state index is 13.3. The molecule has 1 N–H and O–H groups in total. The SMILES string of the molecule is O=C(COc1ccc(F)cc1)NCC#Cc1ccccc1F. The van der Waals surface area contributed by atoms with Crippen LogP contribution in [0.4, 0.5) is 8.78 Å². The van der Waals surface area contributed by atoms with Crippen LogP contribution in [0.5, 0.6) is 5.75 Å². The van der Waals surface area contributed by atoms with Gasteiger partial charge in [-0.1, -0.05) is 24.0 Å². The van der Waals surface area contributed by atoms with Crippen LogP contribution in [0, 0.1) is 23.5 Å². The maximum absolute atomic E-state index is 13.3. The lowest BCUT2D eigenvalue weighted by Gasteiger charge is -2.05. The third-order valence-corrected chi connectivity index (χ3v) is 2.65. The third-order valence-electron chi connectivity index (χ3n) is 2.65. The van der Waals surface area contributed by atoms with Gasteiger partial charge in [0.05, 0.1) is 12.1 Å². The normalized spacial score (nSPS) is 9.55. The number of halogens is 2. The van der Waals surface area contributed by atoms with Crippen LogP contribution in [0.1, 0.15) is 5.56 Å². The van der Waals surface area contributed by atoms with Crippen LogP contribution >= 0.6 is 0 Å². The van der Waals surface area contributed by atoms with E-state index in [4.69, 9.17) is 4.74 Å². The number of ether oxygens (including phenoxy) is 1. The lowest BCUT2D eigenvalue weighted by Crippen LogP contribution is -2.29. The average molecular weight is 301 g/mol. The van der Waals surface area contributed by atoms with E-state index in [1.54, 1.807) is 18.2 Å². The Bertz CT molecular complexity index is 703. The Morgan fingerprint density at radius 2 is 1.82 bits per heavy atom. The molecule has 0 unspecified atom stereocenters. The topological polar surface area (TPSA) is 38.3 Å². The molecule has 0 heterocycles. The first-order chi connectivity index (χ1) is 10.6. The summed E-state index contributed by atoms with van der Waals surface area (Å²) < 4.78 is 31.1. The van der Waals surface area contributed by atoms with Gasteiger partial charge in [-0.05, 0) is 36.4 Å². The minimum atomic E-state index is -0.402. The second-order valence-corrected chi connectivity index (χ2v) is 4.30. The molecule has 0 fully saturated rings. The number of benzene rings is 2. The van der Waals surface area contributed by atoms with Crippen molar-refractivity contribution in [2.24, 2.45) is 0 Å². The molecule has 0 aliphatic rings. The summed E-state index contributed by atoms with van der Waals surface area (Å²) >= 11 is 0. The van der Waals surface area contributed by atoms with Gasteiger partial charge in [0.25, 0.3) is 5.91 Å². The predicted molar refractivity (Wildman–Crippen MR) is 78.2 cm³/mol. The summed E-state index contributed by atoms with van der Waals surface area (Å²) in [5, 5.41) is 2.52. The van der Waals surface area contributed by atoms with Crippen LogP contribution in [0.3, 0.4) is 0 Å². The molecule has 3 nitrogen and oxygen atoms in total. The first kappa shape index (κ1) is 15.5. The highest BCUT2D eigenvalue weighted by molar-refractivity contribution is 5.77. The summed E-state index contributed by atoms with van der Waals surface area (Å²) in [6.07, 6.45) is 0. The molecule has 0 saturated heterocycles. The first-order valence-corrected chi connectivity index (χ1v) is 6.53. The minimum absolute atomic E-state index is 0.0833. The average Bonchev–Trinajstić information content (AvgIpc) is 2.52. The van der Waals surface area contributed by atoms with E-state index in [-0.39, 0.29) is 30.4 Å². The Balaban J connectivity index is 1.74. The Kier molecular flexibility index (Phi) is 5.50. The molecular formula is C17H13F2NO2. The van der Waals surface area contributed by atoms with Crippen molar-refractivity contribution in [3.8, 4) is 17.6 Å². The van der Waals surface area contributed by atoms with E-state index in [0.29, 0.717) is 5.75 Å². The highest BCUT2D eigenvalue weighted by Gasteiger charge is 2.01. The molecule has 0 saturated carbocycles. The van der Waals surface area contributed by atoms with Gasteiger partial charge >= 0.3 is 0 Å². The monoisotopic (exact) mass is 301 g/mol. The molecule has 2 aromatic carbocycles. The summed E-state index contributed by atoms with van der Waals surface area (Å²) in [5.41, 5.74) is 0.277. The molecular weight excluding hydrogens is 288 g/mol. The fraction of sp³-hybridized carbons (Fsp3) is 0.118. The van der Waals surface area contributed by atoms with Crippen LogP contribution in [0.15, 0.2) is 48.5 Å². The van der Waals surface area contributed by atoms with Crippen LogP contribution < -0.4 is 10.1 Å². The molecule has 0 atom stereocenters. The van der Waals surface area contributed by atoms with E-state index in [2.05, 4.69) is 17.2 Å². The van der Waals surface area contributed by atoms with Gasteiger partial charge in [0.15, 0.2) is 6.61 Å². The summed E-state index contributed by atoms with van der Waals surface area (Å²) in [6, 6.07) is 11.5. The molecule has 2 rings (SSSR count). The van der Waals surface area contributed by atoms with Crippen molar-refractivity contribution in [2.45, 2.75) is 0 Å². The molecule has 5 heteroatoms. The van der Waals surface area contributed by atoms with Crippen LogP contribution in [0.2, 0.25) is 0 Å². The Labute approximate surface area is 126 Å². The zero-order valence-electron chi connectivity index (χ0n) is 11.6. The predicted octanol–water partition coefficient (Wildman–Crippen LogP) is 2.51. The lowest BCUT2D eigenvalue weighted by molar-refractivity contribution is -0.122. The van der Waals surface area contributed by atoms with Crippen molar-refractivity contribution < 1.29 is 18.3 Å². The number of carbonyl (C=O) groups is 1. The van der Waals surface area contributed by atoms with Crippen molar-refractivity contribution >= 4 is 5.91 Å². The summed E-state index contributed by atoms with van der Waals surface area (Å²) in [4.78, 5) is 11.5. The number of carbonyl (C=O) groups excluding carboxylic acids is 1. The second-order valence-electron chi connectivity index (χ2n) is 4.30. The molecule has 0 aliphatic heterocycles. The quantitative estimate of drug-likeness (QED) is 0.881. The van der Waals surface area contributed by atoms with E-state index in [0.717, 1.165) is 0 Å². The van der Waals surface area contributed by atoms with Gasteiger partial charge in [-0.2, -0.15) is 0 Å². The maximum Gasteiger partial charge on any atom is 0.258 e. The summed E-state index contributed by atoms with van der Waals surface area (Å²) in [6.45, 7) is -0.118. The third kappa shape index (κ3) is 4.91. The van der Waals surface area contributed by atoms with E-state index in [1.165, 1.54) is 30.3 Å². The Hall–Kier alpha value is -2.87. The Morgan fingerprint density at radius 1 is 1.09 bits per heavy atom. The molecule has 0 aromatic heterocycles. The van der Waals surface area contributed by atoms with E-state index in [9.17, 15) is 13.6 Å². The molecule has 0 bridgehead atoms. The smallest absolute Gasteiger partial charge is 0.258 e. The number of amides is 1. The second kappa shape index (κ2) is 7.79. The van der Waals surface area contributed by atoms with Gasteiger partial charge in [-0.15, -0.1) is 0 Å². The van der Waals surface area contributed by atoms with Crippen LogP contribution in [-0.4, -0.2) is 19.1 Å². The fourth-order valence-electron chi connectivity index (χ4n) is 1.58. The van der Waals surface area contributed by atoms with Gasteiger partial charge in [-0.3, -0.25) is 4.79 Å². The number of rotatable bonds is 4. The zero-order valence-corrected chi connectivity index (χ0v) is 11.6. The number of hydrogen-bond donors (Lipinski definition) is 1. The van der Waals surface area contributed by atoms with Crippen LogP contribution in [-0.2, 0) is 4.79 Å². The standard InChI is InChI=1S/C17H13F2NO2/c18-14-7-9-15(10-8-14)22-12-17(21)20-11-3-5-13-4-1-2-6-16(13)19/h1-2,4,6-10H,11-12H2,(H,20,21). The molecule has 22 heavy (non-hydrogen) atoms. The van der Waals surface area contributed by atoms with Crippen molar-refractivity contribution in [3.05, 3.63) is 65.7 Å². The molecule has 112 valence electrons. The lowest BCUT2D eigenvalue weighted by atomic mass is 10.2. The van der Waals surface area contributed by atoms with E-state index >= 15 is 0 Å². The largest absolute Gasteiger partial charge is 0.484 e. The van der Waals surface area contributed by atoms with Gasteiger partial charge in [-0.25, -0.2) is 8.78 Å². The molecule has 0 spiro atoms. The van der Waals surface area contributed by atoms with Crippen LogP contribution in [0.25, 0.3) is 0 Å². The number of nitrogens with one attached hydrogen (secondary N) is 1. The summed E-state index contributed by atoms with van der Waals surface area (Å²) in [5.74, 6) is 4.53. The van der Waals surface area contributed by atoms with Crippen molar-refractivity contribution in [1.82, 2.24) is 5.32 Å². The first-order valence-electron chi connectivity index (χ1n) is 6.53. The van der Waals surface area contributed by atoms with Gasteiger partial charge < -0.3 is 10.1 Å². The zero-order chi connectivity index (χ0) is 15.8. The highest BCUT2D eigenvalue weighted by atomic mass is 19.1. The van der Waals surface area contributed by atoms with Crippen molar-refractivity contribution in [1.29, 1.82) is 0 Å². The molecule has 0 aliphatic carbocycles. The van der Waals surface area contributed by atoms with E-state index < -0.39 is 5.82 Å². The molecule has 1 amide bonds. The highest BCUT2D eigenvalue weighted by Crippen LogP contribution is 2.10. The molecule has 2 aromatic rings. The fourth-order valence-corrected chi connectivity index (χ4v) is 1.58. The van der Waals surface area contributed by atoms with Gasteiger partial charge in [0.2, 0.25) is 0 Å². The number of hydrogen-bond acceptors (Lipinski definition) is 2. The van der Waals surface area contributed by atoms with Gasteiger partial charge in [0, 0.05) is 0 Å². The molecule has 0 radical (unpaired) electrons. The van der Waals surface area contributed by atoms with E-state index in [1.807, 2.05) is 0 Å². The van der Waals surface area contributed by atoms with Gasteiger partial charge in [0.1, 0.15) is 17.4 Å². The van der Waals surface area contributed by atoms with Crippen molar-refractivity contribution in [3.63, 3.8) is 0 Å².